The summed E-state index contributed by atoms with van der Waals surface area (Å²) in [7, 11) is 1.83. The first-order valence-electron chi connectivity index (χ1n) is 10.4. The maximum Gasteiger partial charge on any atom is 0.254 e. The Morgan fingerprint density at radius 2 is 2.00 bits per heavy atom. The Morgan fingerprint density at radius 3 is 2.74 bits per heavy atom. The van der Waals surface area contributed by atoms with Gasteiger partial charge in [-0.25, -0.2) is 15.0 Å². The lowest BCUT2D eigenvalue weighted by Crippen LogP contribution is -2.43. The molecular weight excluding hydrogens is 396 g/mol. The Hall–Kier alpha value is -3.69. The Bertz CT molecular complexity index is 1240. The molecule has 1 saturated carbocycles. The lowest BCUT2D eigenvalue weighted by atomic mass is 9.79. The van der Waals surface area contributed by atoms with Gasteiger partial charge < -0.3 is 15.8 Å². The van der Waals surface area contributed by atoms with E-state index >= 15 is 0 Å². The first kappa shape index (κ1) is 19.3. The molecule has 1 aliphatic carbocycles. The molecule has 10 nitrogen and oxygen atoms in total. The summed E-state index contributed by atoms with van der Waals surface area (Å²) in [5, 5.41) is 21.6. The number of hydrogen-bond donors (Lipinski definition) is 3. The Morgan fingerprint density at radius 1 is 1.19 bits per heavy atom. The smallest absolute Gasteiger partial charge is 0.254 e. The molecule has 1 aliphatic heterocycles. The van der Waals surface area contributed by atoms with Crippen molar-refractivity contribution in [3.8, 4) is 0 Å². The summed E-state index contributed by atoms with van der Waals surface area (Å²) in [5.74, 6) is 1.44. The zero-order valence-corrected chi connectivity index (χ0v) is 17.5. The molecule has 2 aliphatic rings. The van der Waals surface area contributed by atoms with Gasteiger partial charge in [-0.15, -0.1) is 0 Å². The molecule has 0 unspecified atom stereocenters. The Kier molecular flexibility index (Phi) is 4.49. The van der Waals surface area contributed by atoms with Crippen molar-refractivity contribution in [3.05, 3.63) is 53.0 Å². The van der Waals surface area contributed by atoms with Gasteiger partial charge in [-0.1, -0.05) is 19.3 Å². The number of aryl methyl sites for hydroxylation is 2. The van der Waals surface area contributed by atoms with Gasteiger partial charge >= 0.3 is 0 Å². The van der Waals surface area contributed by atoms with Gasteiger partial charge in [-0.3, -0.25) is 9.48 Å². The second kappa shape index (κ2) is 7.22. The highest BCUT2D eigenvalue weighted by Crippen LogP contribution is 2.42. The van der Waals surface area contributed by atoms with Crippen molar-refractivity contribution in [3.63, 3.8) is 0 Å². The average molecular weight is 420 g/mol. The van der Waals surface area contributed by atoms with Crippen molar-refractivity contribution in [2.75, 3.05) is 5.32 Å². The van der Waals surface area contributed by atoms with Crippen LogP contribution in [0.1, 0.15) is 53.7 Å². The summed E-state index contributed by atoms with van der Waals surface area (Å²) in [6.07, 6.45) is 7.99. The molecule has 1 spiro atoms. The molecule has 31 heavy (non-hydrogen) atoms. The molecule has 0 aromatic carbocycles. The second-order valence-corrected chi connectivity index (χ2v) is 8.19. The third-order valence-corrected chi connectivity index (χ3v) is 6.00. The molecule has 3 aromatic heterocycles. The first-order chi connectivity index (χ1) is 14.9. The number of carbonyl (C=O) groups excluding carboxylic acids is 1. The fourth-order valence-electron chi connectivity index (χ4n) is 4.61. The molecule has 3 N–H and O–H groups in total. The van der Waals surface area contributed by atoms with E-state index < -0.39 is 5.54 Å². The summed E-state index contributed by atoms with van der Waals surface area (Å²) in [4.78, 5) is 25.7. The molecule has 10 heteroatoms. The topological polar surface area (TPSA) is 122 Å². The van der Waals surface area contributed by atoms with Crippen molar-refractivity contribution in [2.45, 2.75) is 44.6 Å². The molecule has 0 radical (unpaired) electrons. The summed E-state index contributed by atoms with van der Waals surface area (Å²) in [6.45, 7) is 1.87. The zero-order chi connectivity index (χ0) is 21.6. The number of nitrogens with one attached hydrogen (secondary N) is 2. The van der Waals surface area contributed by atoms with Crippen LogP contribution in [0.25, 0.3) is 0 Å². The normalized spacial score (nSPS) is 17.6. The van der Waals surface area contributed by atoms with E-state index in [9.17, 15) is 10.0 Å². The van der Waals surface area contributed by atoms with Crippen molar-refractivity contribution in [2.24, 2.45) is 12.0 Å². The lowest BCUT2D eigenvalue weighted by Gasteiger charge is -2.34. The average Bonchev–Trinajstić information content (AvgIpc) is 3.27. The molecule has 1 fully saturated rings. The molecule has 0 saturated heterocycles. The SMILES string of the molecule is Cc1cc(=Nc2cc(Nc3ccn(C)n3)ncn2)n(O)c2c1C(=O)NC21CCCCC1. The van der Waals surface area contributed by atoms with E-state index in [1.54, 1.807) is 16.8 Å². The molecule has 0 bridgehead atoms. The standard InChI is InChI=1S/C21H24N8O2/c1-13-10-17(25-16-11-15(22-12-23-16)24-14-6-9-28(2)27-14)29(31)19-18(13)20(30)26-21(19)7-4-3-5-8-21/h6,9-12,31H,3-5,7-8H2,1-2H3,(H,26,30)(H,22,23,24,27). The number of anilines is 2. The van der Waals surface area contributed by atoms with Crippen LogP contribution in [-0.4, -0.2) is 35.6 Å². The van der Waals surface area contributed by atoms with E-state index in [-0.39, 0.29) is 5.91 Å². The minimum absolute atomic E-state index is 0.132. The van der Waals surface area contributed by atoms with E-state index in [1.807, 2.05) is 26.2 Å². The van der Waals surface area contributed by atoms with Gasteiger partial charge in [0.05, 0.1) is 16.8 Å². The molecule has 4 heterocycles. The van der Waals surface area contributed by atoms with Gasteiger partial charge in [-0.05, 0) is 31.4 Å². The third-order valence-electron chi connectivity index (χ3n) is 6.00. The van der Waals surface area contributed by atoms with Crippen LogP contribution in [0.4, 0.5) is 17.5 Å². The summed E-state index contributed by atoms with van der Waals surface area (Å²) < 4.78 is 2.74. The lowest BCUT2D eigenvalue weighted by molar-refractivity contribution is 0.0892. The fourth-order valence-corrected chi connectivity index (χ4v) is 4.61. The van der Waals surface area contributed by atoms with E-state index in [0.717, 1.165) is 42.4 Å². The van der Waals surface area contributed by atoms with Crippen LogP contribution >= 0.6 is 0 Å². The van der Waals surface area contributed by atoms with Crippen molar-refractivity contribution in [1.29, 1.82) is 0 Å². The Balaban J connectivity index is 1.57. The number of amides is 1. The van der Waals surface area contributed by atoms with Gasteiger partial charge in [0, 0.05) is 25.4 Å². The summed E-state index contributed by atoms with van der Waals surface area (Å²) in [6, 6.07) is 5.21. The van der Waals surface area contributed by atoms with Gasteiger partial charge in [-0.2, -0.15) is 9.83 Å². The molecule has 5 rings (SSSR count). The van der Waals surface area contributed by atoms with E-state index in [4.69, 9.17) is 0 Å². The van der Waals surface area contributed by atoms with Gasteiger partial charge in [0.15, 0.2) is 17.1 Å². The van der Waals surface area contributed by atoms with E-state index in [2.05, 4.69) is 30.7 Å². The maximum absolute atomic E-state index is 12.7. The highest BCUT2D eigenvalue weighted by Gasteiger charge is 2.47. The van der Waals surface area contributed by atoms with Crippen LogP contribution in [0.3, 0.4) is 0 Å². The number of pyridine rings is 1. The van der Waals surface area contributed by atoms with E-state index in [0.29, 0.717) is 34.2 Å². The monoisotopic (exact) mass is 420 g/mol. The Labute approximate surface area is 178 Å². The van der Waals surface area contributed by atoms with Gasteiger partial charge in [0.2, 0.25) is 0 Å². The number of fused-ring (bicyclic) bond motifs is 2. The van der Waals surface area contributed by atoms with Crippen LogP contribution in [0, 0.1) is 6.92 Å². The zero-order valence-electron chi connectivity index (χ0n) is 17.5. The number of hydrogen-bond acceptors (Lipinski definition) is 7. The highest BCUT2D eigenvalue weighted by atomic mass is 16.5. The minimum Gasteiger partial charge on any atom is -0.427 e. The van der Waals surface area contributed by atoms with Crippen LogP contribution in [0.15, 0.2) is 35.7 Å². The molecular formula is C21H24N8O2. The predicted molar refractivity (Wildman–Crippen MR) is 112 cm³/mol. The van der Waals surface area contributed by atoms with Crippen LogP contribution in [0.5, 0.6) is 0 Å². The largest absolute Gasteiger partial charge is 0.427 e. The molecule has 0 atom stereocenters. The van der Waals surface area contributed by atoms with E-state index in [1.165, 1.54) is 6.33 Å². The number of rotatable bonds is 3. The quantitative estimate of drug-likeness (QED) is 0.560. The highest BCUT2D eigenvalue weighted by molar-refractivity contribution is 6.00. The first-order valence-corrected chi connectivity index (χ1v) is 10.4. The third kappa shape index (κ3) is 3.33. The molecule has 1 amide bonds. The number of aromatic nitrogens is 5. The summed E-state index contributed by atoms with van der Waals surface area (Å²) >= 11 is 0. The fraction of sp³-hybridized carbons (Fsp3) is 0.381. The van der Waals surface area contributed by atoms with Crippen molar-refractivity contribution >= 4 is 23.4 Å². The van der Waals surface area contributed by atoms with Gasteiger partial charge in [0.25, 0.3) is 5.91 Å². The maximum atomic E-state index is 12.7. The minimum atomic E-state index is -0.535. The van der Waals surface area contributed by atoms with Crippen LogP contribution < -0.4 is 16.1 Å². The summed E-state index contributed by atoms with van der Waals surface area (Å²) in [5.41, 5.74) is 1.72. The second-order valence-electron chi connectivity index (χ2n) is 8.19. The van der Waals surface area contributed by atoms with Crippen LogP contribution in [-0.2, 0) is 12.6 Å². The predicted octanol–water partition coefficient (Wildman–Crippen LogP) is 2.44. The molecule has 160 valence electrons. The number of nitrogens with zero attached hydrogens (tertiary/aromatic N) is 6. The van der Waals surface area contributed by atoms with Gasteiger partial charge in [0.1, 0.15) is 12.1 Å². The van der Waals surface area contributed by atoms with Crippen molar-refractivity contribution in [1.82, 2.24) is 29.8 Å². The van der Waals surface area contributed by atoms with Crippen molar-refractivity contribution < 1.29 is 10.0 Å². The van der Waals surface area contributed by atoms with Crippen LogP contribution in [0.2, 0.25) is 0 Å². The number of carbonyl (C=O) groups is 1. The molecule has 3 aromatic rings.